The van der Waals surface area contributed by atoms with Gasteiger partial charge in [-0.2, -0.15) is 0 Å². The molecule has 0 radical (unpaired) electrons. The molecule has 2 nitrogen and oxygen atoms in total. The molecule has 2 N–H and O–H groups in total. The van der Waals surface area contributed by atoms with Gasteiger partial charge in [-0.25, -0.2) is 0 Å². The van der Waals surface area contributed by atoms with E-state index in [-0.39, 0.29) is 6.10 Å². The topological polar surface area (TPSA) is 40.5 Å². The minimum absolute atomic E-state index is 0.116. The lowest BCUT2D eigenvalue weighted by Gasteiger charge is -2.59. The Bertz CT molecular complexity index is 585. The molecule has 142 valence electrons. The van der Waals surface area contributed by atoms with E-state index in [4.69, 9.17) is 0 Å². The third-order valence-electron chi connectivity index (χ3n) is 9.29. The summed E-state index contributed by atoms with van der Waals surface area (Å²) < 4.78 is 0. The SMILES string of the molecule is CC1=C2C[C@@H](O)CC[C@]2(C)C2CC[C@@]3(C)C(CCC3C(C)(C)O)C2C1. The molecule has 7 atom stereocenters. The second kappa shape index (κ2) is 5.58. The van der Waals surface area contributed by atoms with Gasteiger partial charge < -0.3 is 10.2 Å². The lowest BCUT2D eigenvalue weighted by molar-refractivity contribution is -0.0959. The van der Waals surface area contributed by atoms with Gasteiger partial charge in [-0.15, -0.1) is 0 Å². The number of aliphatic hydroxyl groups excluding tert-OH is 1. The maximum absolute atomic E-state index is 10.8. The van der Waals surface area contributed by atoms with Crippen LogP contribution in [-0.2, 0) is 0 Å². The highest BCUT2D eigenvalue weighted by atomic mass is 16.3. The van der Waals surface area contributed by atoms with Crippen LogP contribution in [0.5, 0.6) is 0 Å². The minimum atomic E-state index is -0.556. The smallest absolute Gasteiger partial charge is 0.0625 e. The number of hydrogen-bond donors (Lipinski definition) is 2. The summed E-state index contributed by atoms with van der Waals surface area (Å²) in [5, 5.41) is 21.0. The quantitative estimate of drug-likeness (QED) is 0.649. The highest BCUT2D eigenvalue weighted by Crippen LogP contribution is 2.68. The summed E-state index contributed by atoms with van der Waals surface area (Å²) in [5.41, 5.74) is 3.26. The maximum atomic E-state index is 10.8. The molecule has 0 amide bonds. The van der Waals surface area contributed by atoms with Crippen LogP contribution in [0, 0.1) is 34.5 Å². The molecular weight excluding hydrogens is 308 g/mol. The van der Waals surface area contributed by atoms with Crippen LogP contribution in [0.4, 0.5) is 0 Å². The fourth-order valence-electron chi connectivity index (χ4n) is 8.26. The molecular formula is C23H38O2. The van der Waals surface area contributed by atoms with Crippen molar-refractivity contribution in [2.24, 2.45) is 34.5 Å². The van der Waals surface area contributed by atoms with E-state index in [9.17, 15) is 10.2 Å². The summed E-state index contributed by atoms with van der Waals surface area (Å²) in [6, 6.07) is 0. The fraction of sp³-hybridized carbons (Fsp3) is 0.913. The summed E-state index contributed by atoms with van der Waals surface area (Å²) >= 11 is 0. The van der Waals surface area contributed by atoms with E-state index in [2.05, 4.69) is 20.8 Å². The Labute approximate surface area is 154 Å². The predicted molar refractivity (Wildman–Crippen MR) is 102 cm³/mol. The first-order valence-corrected chi connectivity index (χ1v) is 10.7. The Morgan fingerprint density at radius 3 is 2.36 bits per heavy atom. The summed E-state index contributed by atoms with van der Waals surface area (Å²) in [6.07, 6.45) is 9.26. The van der Waals surface area contributed by atoms with Crippen LogP contribution in [0.2, 0.25) is 0 Å². The van der Waals surface area contributed by atoms with Crippen molar-refractivity contribution < 1.29 is 10.2 Å². The molecule has 0 aromatic rings. The fourth-order valence-corrected chi connectivity index (χ4v) is 8.26. The first-order valence-electron chi connectivity index (χ1n) is 10.7. The zero-order chi connectivity index (χ0) is 18.2. The van der Waals surface area contributed by atoms with E-state index >= 15 is 0 Å². The lowest BCUT2D eigenvalue weighted by Crippen LogP contribution is -2.53. The van der Waals surface area contributed by atoms with E-state index in [1.807, 2.05) is 13.8 Å². The highest BCUT2D eigenvalue weighted by molar-refractivity contribution is 5.30. The van der Waals surface area contributed by atoms with Crippen molar-refractivity contribution in [3.8, 4) is 0 Å². The molecule has 4 aliphatic rings. The minimum Gasteiger partial charge on any atom is -0.393 e. The van der Waals surface area contributed by atoms with E-state index in [0.717, 1.165) is 30.6 Å². The van der Waals surface area contributed by atoms with Crippen molar-refractivity contribution in [3.05, 3.63) is 11.1 Å². The number of aliphatic hydroxyl groups is 2. The number of fused-ring (bicyclic) bond motifs is 5. The third kappa shape index (κ3) is 2.50. The van der Waals surface area contributed by atoms with Gasteiger partial charge in [0.1, 0.15) is 0 Å². The molecule has 3 saturated carbocycles. The van der Waals surface area contributed by atoms with Gasteiger partial charge in [0, 0.05) is 0 Å². The Morgan fingerprint density at radius 2 is 1.68 bits per heavy atom. The van der Waals surface area contributed by atoms with Crippen LogP contribution in [0.15, 0.2) is 11.1 Å². The van der Waals surface area contributed by atoms with E-state index in [0.29, 0.717) is 16.7 Å². The molecule has 4 unspecified atom stereocenters. The molecule has 25 heavy (non-hydrogen) atoms. The zero-order valence-electron chi connectivity index (χ0n) is 16.9. The molecule has 4 aliphatic carbocycles. The number of allylic oxidation sites excluding steroid dienone is 1. The second-order valence-electron chi connectivity index (χ2n) is 11.0. The summed E-state index contributed by atoms with van der Waals surface area (Å²) in [6.45, 7) is 11.4. The Hall–Kier alpha value is -0.340. The van der Waals surface area contributed by atoms with Crippen LogP contribution in [0.1, 0.15) is 86.0 Å². The standard InChI is InChI=1S/C23H38O2/c1-14-12-16-17-6-7-20(21(2,3)25)23(17,5)11-9-18(16)22(4)10-8-15(24)13-19(14)22/h15-18,20,24-25H,6-13H2,1-5H3/t15-,16?,17?,18?,20?,22+,23-/m0/s1. The molecule has 0 aliphatic heterocycles. The Balaban J connectivity index is 1.70. The molecule has 0 saturated heterocycles. The van der Waals surface area contributed by atoms with Crippen LogP contribution in [-0.4, -0.2) is 21.9 Å². The summed E-state index contributed by atoms with van der Waals surface area (Å²) in [7, 11) is 0. The lowest BCUT2D eigenvalue weighted by atomic mass is 9.46. The van der Waals surface area contributed by atoms with Gasteiger partial charge in [-0.05, 0) is 107 Å². The van der Waals surface area contributed by atoms with Crippen molar-refractivity contribution in [1.82, 2.24) is 0 Å². The molecule has 3 fully saturated rings. The normalized spacial score (nSPS) is 50.3. The molecule has 0 aromatic heterocycles. The number of hydrogen-bond acceptors (Lipinski definition) is 2. The van der Waals surface area contributed by atoms with Crippen molar-refractivity contribution in [3.63, 3.8) is 0 Å². The van der Waals surface area contributed by atoms with E-state index in [1.165, 1.54) is 38.5 Å². The summed E-state index contributed by atoms with van der Waals surface area (Å²) in [4.78, 5) is 0. The first-order chi connectivity index (χ1) is 11.6. The Kier molecular flexibility index (Phi) is 4.03. The average molecular weight is 347 g/mol. The zero-order valence-corrected chi connectivity index (χ0v) is 16.9. The average Bonchev–Trinajstić information content (AvgIpc) is 2.87. The Morgan fingerprint density at radius 1 is 0.960 bits per heavy atom. The van der Waals surface area contributed by atoms with Gasteiger partial charge in [0.05, 0.1) is 11.7 Å². The molecule has 0 bridgehead atoms. The highest BCUT2D eigenvalue weighted by Gasteiger charge is 2.61. The maximum Gasteiger partial charge on any atom is 0.0625 e. The van der Waals surface area contributed by atoms with Gasteiger partial charge in [0.2, 0.25) is 0 Å². The number of rotatable bonds is 1. The van der Waals surface area contributed by atoms with Crippen LogP contribution >= 0.6 is 0 Å². The largest absolute Gasteiger partial charge is 0.393 e. The van der Waals surface area contributed by atoms with Gasteiger partial charge in [0.15, 0.2) is 0 Å². The molecule has 4 rings (SSSR count). The van der Waals surface area contributed by atoms with Crippen molar-refractivity contribution in [2.75, 3.05) is 0 Å². The van der Waals surface area contributed by atoms with Crippen LogP contribution in [0.25, 0.3) is 0 Å². The monoisotopic (exact) mass is 346 g/mol. The van der Waals surface area contributed by atoms with Crippen molar-refractivity contribution in [2.45, 2.75) is 97.7 Å². The van der Waals surface area contributed by atoms with Crippen LogP contribution < -0.4 is 0 Å². The van der Waals surface area contributed by atoms with Gasteiger partial charge >= 0.3 is 0 Å². The van der Waals surface area contributed by atoms with E-state index < -0.39 is 5.60 Å². The predicted octanol–water partition coefficient (Wildman–Crippen LogP) is 5.09. The molecule has 2 heteroatoms. The third-order valence-corrected chi connectivity index (χ3v) is 9.29. The molecule has 0 spiro atoms. The van der Waals surface area contributed by atoms with Crippen molar-refractivity contribution >= 4 is 0 Å². The van der Waals surface area contributed by atoms with Gasteiger partial charge in [0.25, 0.3) is 0 Å². The second-order valence-corrected chi connectivity index (χ2v) is 11.0. The van der Waals surface area contributed by atoms with Gasteiger partial charge in [-0.1, -0.05) is 25.0 Å². The summed E-state index contributed by atoms with van der Waals surface area (Å²) in [5.74, 6) is 2.79. The van der Waals surface area contributed by atoms with Crippen molar-refractivity contribution in [1.29, 1.82) is 0 Å². The molecule has 0 aromatic carbocycles. The first kappa shape index (κ1) is 18.0. The van der Waals surface area contributed by atoms with Gasteiger partial charge in [-0.3, -0.25) is 0 Å². The van der Waals surface area contributed by atoms with Crippen LogP contribution in [0.3, 0.4) is 0 Å². The van der Waals surface area contributed by atoms with E-state index in [1.54, 1.807) is 11.1 Å². The molecule has 0 heterocycles.